The van der Waals surface area contributed by atoms with Crippen molar-refractivity contribution < 1.29 is 28.4 Å². The molecule has 432 valence electrons. The zero-order chi connectivity index (χ0) is 58.7. The number of hydrogen-bond acceptors (Lipinski definition) is 12. The molecule has 5 heterocycles. The lowest BCUT2D eigenvalue weighted by molar-refractivity contribution is 0.308. The number of aromatic amines is 2. The predicted octanol–water partition coefficient (Wildman–Crippen LogP) is 18.0. The van der Waals surface area contributed by atoms with Gasteiger partial charge in [-0.2, -0.15) is 0 Å². The first-order chi connectivity index (χ1) is 42.3. The largest absolute Gasteiger partial charge is 0.495 e. The number of H-pyrrole nitrogens is 2. The first-order valence-corrected chi connectivity index (χ1v) is 30.4. The van der Waals surface area contributed by atoms with E-state index in [0.717, 1.165) is 138 Å². The van der Waals surface area contributed by atoms with E-state index in [2.05, 4.69) is 136 Å². The summed E-state index contributed by atoms with van der Waals surface area (Å²) < 4.78 is 41.4. The highest BCUT2D eigenvalue weighted by Gasteiger charge is 2.35. The molecule has 0 unspecified atom stereocenters. The zero-order valence-corrected chi connectivity index (χ0v) is 50.0. The molecule has 2 aliphatic heterocycles. The van der Waals surface area contributed by atoms with Crippen LogP contribution >= 0.6 is 0 Å². The molecule has 14 rings (SSSR count). The maximum Gasteiger partial charge on any atom is 0.168 e. The van der Waals surface area contributed by atoms with E-state index in [9.17, 15) is 0 Å². The summed E-state index contributed by atoms with van der Waals surface area (Å²) in [7, 11) is 3.40. The molecule has 0 amide bonds. The molecule has 8 bridgehead atoms. The molecule has 86 heavy (non-hydrogen) atoms. The van der Waals surface area contributed by atoms with Gasteiger partial charge < -0.3 is 38.4 Å². The summed E-state index contributed by atoms with van der Waals surface area (Å²) in [5, 5.41) is 12.6. The lowest BCUT2D eigenvalue weighted by atomic mass is 9.95. The molecule has 12 aromatic rings. The third-order valence-electron chi connectivity index (χ3n) is 17.1. The molecule has 2 N–H and O–H groups in total. The number of aryl methyl sites for hydroxylation is 2. The molecule has 0 spiro atoms. The van der Waals surface area contributed by atoms with Crippen LogP contribution < -0.4 is 28.4 Å². The number of methoxy groups -OCH3 is 2. The van der Waals surface area contributed by atoms with Gasteiger partial charge in [0.1, 0.15) is 57.1 Å². The number of benzene rings is 9. The molecule has 14 nitrogen and oxygen atoms in total. The minimum absolute atomic E-state index is 0.351. The van der Waals surface area contributed by atoms with Gasteiger partial charge in [-0.25, -0.2) is 29.9 Å². The Hall–Kier alpha value is -9.56. The Bertz CT molecular complexity index is 4610. The van der Waals surface area contributed by atoms with E-state index in [4.69, 9.17) is 58.3 Å². The van der Waals surface area contributed by atoms with Crippen LogP contribution in [0.4, 0.5) is 0 Å². The number of hydrogen-bond donors (Lipinski definition) is 2. The summed E-state index contributed by atoms with van der Waals surface area (Å²) >= 11 is 0. The molecule has 0 radical (unpaired) electrons. The molecule has 3 aromatic heterocycles. The highest BCUT2D eigenvalue weighted by Crippen LogP contribution is 2.55. The first-order valence-electron chi connectivity index (χ1n) is 30.4. The van der Waals surface area contributed by atoms with Gasteiger partial charge in [0, 0.05) is 43.1 Å². The Kier molecular flexibility index (Phi) is 14.2. The molecule has 9 aromatic carbocycles. The van der Waals surface area contributed by atoms with E-state index in [1.54, 1.807) is 14.2 Å². The standard InChI is InChI=1S/C72H68N8O6/c1-9-13-33-83-61-45-29-21-19-27-43(45)39(5)51-53(61)67-73-65(51)75-71-57-58(64(86-36-16-12-4)48-32-24-23-31-47(48)63(57)85-35-15-11-3)72(80-71)76-66-52-40(6)44-28-20-22-30-46(44)62(84-34-14-10-2)54(52)68(74-66)78-70-56-55(69(77-67)79-70)59(81-7)49-37-41-25-17-18-26-42(41)38-50(49)60(56)82-8/h17-32,37-38H,9-16,33-36H2,1-8H3,(H2,73,74,75,76,77,78,79,80). The first kappa shape index (κ1) is 54.4. The Morgan fingerprint density at radius 1 is 0.326 bits per heavy atom. The Labute approximate surface area is 497 Å². The quantitative estimate of drug-likeness (QED) is 0.0618. The summed E-state index contributed by atoms with van der Waals surface area (Å²) in [6.07, 6.45) is 7.16. The normalized spacial score (nSPS) is 12.0. The molecule has 0 aliphatic carbocycles. The number of ether oxygens (including phenoxy) is 6. The number of aromatic nitrogens is 8. The fourth-order valence-corrected chi connectivity index (χ4v) is 12.8. The lowest BCUT2D eigenvalue weighted by Crippen LogP contribution is -2.04. The third kappa shape index (κ3) is 8.73. The van der Waals surface area contributed by atoms with Crippen LogP contribution in [-0.2, 0) is 0 Å². The highest BCUT2D eigenvalue weighted by atomic mass is 16.5. The van der Waals surface area contributed by atoms with Gasteiger partial charge in [-0.1, -0.05) is 150 Å². The van der Waals surface area contributed by atoms with Crippen molar-refractivity contribution in [3.63, 3.8) is 0 Å². The van der Waals surface area contributed by atoms with Crippen molar-refractivity contribution in [2.45, 2.75) is 92.9 Å². The van der Waals surface area contributed by atoms with Crippen molar-refractivity contribution in [3.05, 3.63) is 120 Å². The third-order valence-corrected chi connectivity index (χ3v) is 17.1. The monoisotopic (exact) mass is 1140 g/mol. The molecule has 2 aliphatic rings. The molecule has 14 heteroatoms. The maximum atomic E-state index is 7.05. The second-order valence-electron chi connectivity index (χ2n) is 22.4. The maximum absolute atomic E-state index is 7.05. The van der Waals surface area contributed by atoms with Crippen molar-refractivity contribution in [1.29, 1.82) is 0 Å². The second-order valence-corrected chi connectivity index (χ2v) is 22.4. The van der Waals surface area contributed by atoms with Gasteiger partial charge >= 0.3 is 0 Å². The summed E-state index contributed by atoms with van der Waals surface area (Å²) in [5.41, 5.74) is 6.58. The number of nitrogens with zero attached hydrogens (tertiary/aromatic N) is 6. The van der Waals surface area contributed by atoms with Crippen molar-refractivity contribution in [2.24, 2.45) is 0 Å². The summed E-state index contributed by atoms with van der Waals surface area (Å²) in [6, 6.07) is 37.7. The number of rotatable bonds is 18. The summed E-state index contributed by atoms with van der Waals surface area (Å²) in [5.74, 6) is 5.34. The average molecular weight is 1140 g/mol. The van der Waals surface area contributed by atoms with E-state index in [0.29, 0.717) is 129 Å². The highest BCUT2D eigenvalue weighted by molar-refractivity contribution is 6.21. The second kappa shape index (κ2) is 22.5. The Morgan fingerprint density at radius 2 is 0.616 bits per heavy atom. The predicted molar refractivity (Wildman–Crippen MR) is 348 cm³/mol. The van der Waals surface area contributed by atoms with Crippen LogP contribution in [0.15, 0.2) is 109 Å². The minimum atomic E-state index is 0.351. The lowest BCUT2D eigenvalue weighted by Gasteiger charge is -2.18. The Balaban J connectivity index is 1.24. The van der Waals surface area contributed by atoms with Gasteiger partial charge in [0.25, 0.3) is 0 Å². The van der Waals surface area contributed by atoms with Gasteiger partial charge in [0.15, 0.2) is 23.3 Å². The fourth-order valence-electron chi connectivity index (χ4n) is 12.8. The minimum Gasteiger partial charge on any atom is -0.495 e. The SMILES string of the molecule is CCCCOc1c2c(c(OCCCC)c3ccccc13)-c1nc-2nc2[nH]c(nc3nc(nc4[nH]c(n1)c1c(C)c5ccccc5c(OCCCC)c41)-c1c-3c(OC)c3cc4ccccc4cc3c1OC)c1c(OCCCC)c3ccccc3c(C)c21. The van der Waals surface area contributed by atoms with Gasteiger partial charge in [0.05, 0.1) is 73.7 Å². The van der Waals surface area contributed by atoms with Crippen molar-refractivity contribution in [3.8, 4) is 80.0 Å². The van der Waals surface area contributed by atoms with Gasteiger partial charge in [-0.15, -0.1) is 0 Å². The fraction of sp³-hybridized carbons (Fsp3) is 0.278. The average Bonchev–Trinajstić information content (AvgIpc) is 1.65. The van der Waals surface area contributed by atoms with Gasteiger partial charge in [-0.3, -0.25) is 0 Å². The smallest absolute Gasteiger partial charge is 0.168 e. The summed E-state index contributed by atoms with van der Waals surface area (Å²) in [6.45, 7) is 14.9. The Morgan fingerprint density at radius 3 is 0.953 bits per heavy atom. The molecule has 0 atom stereocenters. The molecule has 0 saturated heterocycles. The van der Waals surface area contributed by atoms with Crippen LogP contribution in [0.25, 0.3) is 144 Å². The van der Waals surface area contributed by atoms with Crippen molar-refractivity contribution in [2.75, 3.05) is 40.6 Å². The van der Waals surface area contributed by atoms with E-state index >= 15 is 0 Å². The van der Waals surface area contributed by atoms with Crippen molar-refractivity contribution in [1.82, 2.24) is 39.9 Å². The summed E-state index contributed by atoms with van der Waals surface area (Å²) in [4.78, 5) is 41.7. The van der Waals surface area contributed by atoms with E-state index < -0.39 is 0 Å². The van der Waals surface area contributed by atoms with Crippen LogP contribution in [0.2, 0.25) is 0 Å². The van der Waals surface area contributed by atoms with Crippen molar-refractivity contribution >= 4 is 98.0 Å². The van der Waals surface area contributed by atoms with Crippen LogP contribution in [-0.4, -0.2) is 80.5 Å². The van der Waals surface area contributed by atoms with E-state index in [1.165, 1.54) is 0 Å². The van der Waals surface area contributed by atoms with Gasteiger partial charge in [-0.05, 0) is 84.3 Å². The topological polar surface area (TPSA) is 164 Å². The van der Waals surface area contributed by atoms with E-state index in [-0.39, 0.29) is 0 Å². The van der Waals surface area contributed by atoms with Gasteiger partial charge in [0.2, 0.25) is 0 Å². The number of nitrogens with one attached hydrogen (secondary N) is 2. The molecular weight excluding hydrogens is 1070 g/mol. The van der Waals surface area contributed by atoms with Crippen LogP contribution in [0, 0.1) is 13.8 Å². The number of fused-ring (bicyclic) bond motifs is 25. The molecule has 0 fully saturated rings. The number of unbranched alkanes of at least 4 members (excludes halogenated alkanes) is 4. The molecular formula is C72H68N8O6. The van der Waals surface area contributed by atoms with E-state index in [1.807, 2.05) is 24.3 Å². The van der Waals surface area contributed by atoms with Crippen LogP contribution in [0.5, 0.6) is 34.5 Å². The zero-order valence-electron chi connectivity index (χ0n) is 50.0. The van der Waals surface area contributed by atoms with Crippen LogP contribution in [0.1, 0.15) is 90.2 Å². The van der Waals surface area contributed by atoms with Crippen LogP contribution in [0.3, 0.4) is 0 Å². The molecule has 0 saturated carbocycles.